The van der Waals surface area contributed by atoms with Crippen molar-refractivity contribution >= 4 is 21.9 Å². The summed E-state index contributed by atoms with van der Waals surface area (Å²) in [5.74, 6) is 2.02. The number of nitrogens with one attached hydrogen (secondary N) is 1. The number of ether oxygens (including phenoxy) is 1. The monoisotopic (exact) mass is 297 g/mol. The molecule has 90 valence electrons. The summed E-state index contributed by atoms with van der Waals surface area (Å²) in [6.07, 6.45) is 5.10. The quantitative estimate of drug-likeness (QED) is 0.814. The molecule has 2 N–H and O–H groups in total. The second-order valence-corrected chi connectivity index (χ2v) is 4.10. The molecule has 0 aromatic heterocycles. The molecule has 0 spiro atoms. The van der Waals surface area contributed by atoms with Crippen LogP contribution in [0.3, 0.4) is 0 Å². The summed E-state index contributed by atoms with van der Waals surface area (Å²) in [5.41, 5.74) is 0.612. The van der Waals surface area contributed by atoms with Crippen molar-refractivity contribution in [3.05, 3.63) is 28.2 Å². The van der Waals surface area contributed by atoms with E-state index < -0.39 is 12.0 Å². The topological polar surface area (TPSA) is 58.6 Å². The van der Waals surface area contributed by atoms with Crippen LogP contribution >= 0.6 is 15.9 Å². The molecule has 0 aliphatic heterocycles. The lowest BCUT2D eigenvalue weighted by molar-refractivity contribution is -0.139. The van der Waals surface area contributed by atoms with Crippen molar-refractivity contribution < 1.29 is 14.6 Å². The highest BCUT2D eigenvalue weighted by molar-refractivity contribution is 9.10. The molecule has 1 aromatic rings. The molecule has 0 saturated heterocycles. The second kappa shape index (κ2) is 6.28. The van der Waals surface area contributed by atoms with E-state index in [4.69, 9.17) is 16.3 Å². The molecule has 1 unspecified atom stereocenters. The molecule has 0 aliphatic carbocycles. The lowest BCUT2D eigenvalue weighted by atomic mass is 10.1. The summed E-state index contributed by atoms with van der Waals surface area (Å²) in [7, 11) is 1.55. The summed E-state index contributed by atoms with van der Waals surface area (Å²) in [5, 5.41) is 11.8. The molecule has 0 heterocycles. The molecule has 5 heteroatoms. The molecule has 17 heavy (non-hydrogen) atoms. The van der Waals surface area contributed by atoms with Gasteiger partial charge in [-0.15, -0.1) is 6.42 Å². The molecular formula is C12H12BrNO3. The Labute approximate surface area is 108 Å². The molecule has 0 aliphatic rings. The van der Waals surface area contributed by atoms with E-state index in [-0.39, 0.29) is 6.54 Å². The minimum absolute atomic E-state index is 0.195. The highest BCUT2D eigenvalue weighted by Gasteiger charge is 2.19. The van der Waals surface area contributed by atoms with E-state index in [1.165, 1.54) is 0 Å². The van der Waals surface area contributed by atoms with Crippen LogP contribution in [0, 0.1) is 12.3 Å². The van der Waals surface area contributed by atoms with Crippen LogP contribution in [0.1, 0.15) is 11.6 Å². The Morgan fingerprint density at radius 2 is 2.41 bits per heavy atom. The molecule has 0 fully saturated rings. The lowest BCUT2D eigenvalue weighted by Crippen LogP contribution is -2.28. The van der Waals surface area contributed by atoms with Gasteiger partial charge in [0, 0.05) is 0 Å². The number of methoxy groups -OCH3 is 1. The first-order valence-corrected chi connectivity index (χ1v) is 5.62. The van der Waals surface area contributed by atoms with E-state index in [1.807, 2.05) is 0 Å². The SMILES string of the molecule is C#CCNC(C(=O)O)c1ccc(OC)c(Br)c1. The van der Waals surface area contributed by atoms with Gasteiger partial charge in [0.05, 0.1) is 18.1 Å². The number of aliphatic carboxylic acids is 1. The van der Waals surface area contributed by atoms with Crippen molar-refractivity contribution in [2.45, 2.75) is 6.04 Å². The van der Waals surface area contributed by atoms with Crippen molar-refractivity contribution in [2.75, 3.05) is 13.7 Å². The third-order valence-electron chi connectivity index (χ3n) is 2.16. The van der Waals surface area contributed by atoms with Crippen LogP contribution in [-0.2, 0) is 4.79 Å². The van der Waals surface area contributed by atoms with Crippen LogP contribution in [-0.4, -0.2) is 24.7 Å². The van der Waals surface area contributed by atoms with Gasteiger partial charge in [-0.2, -0.15) is 0 Å². The summed E-state index contributed by atoms with van der Waals surface area (Å²) >= 11 is 3.31. The number of carboxylic acids is 1. The minimum Gasteiger partial charge on any atom is -0.496 e. The molecule has 0 amide bonds. The summed E-state index contributed by atoms with van der Waals surface area (Å²) < 4.78 is 5.77. The number of carboxylic acid groups (broad SMARTS) is 1. The van der Waals surface area contributed by atoms with Crippen LogP contribution in [0.5, 0.6) is 5.75 Å². The smallest absolute Gasteiger partial charge is 0.325 e. The Hall–Kier alpha value is -1.51. The Balaban J connectivity index is 2.99. The minimum atomic E-state index is -0.975. The Morgan fingerprint density at radius 1 is 1.71 bits per heavy atom. The van der Waals surface area contributed by atoms with E-state index >= 15 is 0 Å². The van der Waals surface area contributed by atoms with Crippen LogP contribution in [0.15, 0.2) is 22.7 Å². The van der Waals surface area contributed by atoms with E-state index in [0.29, 0.717) is 15.8 Å². The number of hydrogen-bond acceptors (Lipinski definition) is 3. The highest BCUT2D eigenvalue weighted by Crippen LogP contribution is 2.28. The number of halogens is 1. The summed E-state index contributed by atoms with van der Waals surface area (Å²) in [6.45, 7) is 0.195. The van der Waals surface area contributed by atoms with E-state index in [2.05, 4.69) is 27.2 Å². The van der Waals surface area contributed by atoms with Gasteiger partial charge in [0.25, 0.3) is 0 Å². The fraction of sp³-hybridized carbons (Fsp3) is 0.250. The van der Waals surface area contributed by atoms with Gasteiger partial charge in [0.2, 0.25) is 0 Å². The Bertz CT molecular complexity index is 454. The van der Waals surface area contributed by atoms with E-state index in [1.54, 1.807) is 25.3 Å². The molecular weight excluding hydrogens is 286 g/mol. The maximum atomic E-state index is 11.1. The average molecular weight is 298 g/mol. The van der Waals surface area contributed by atoms with Crippen molar-refractivity contribution in [3.8, 4) is 18.1 Å². The zero-order valence-corrected chi connectivity index (χ0v) is 10.8. The lowest BCUT2D eigenvalue weighted by Gasteiger charge is -2.14. The molecule has 1 rings (SSSR count). The van der Waals surface area contributed by atoms with Crippen molar-refractivity contribution in [1.29, 1.82) is 0 Å². The molecule has 0 saturated carbocycles. The standard InChI is InChI=1S/C12H12BrNO3/c1-3-6-14-11(12(15)16)8-4-5-10(17-2)9(13)7-8/h1,4-5,7,11,14H,6H2,2H3,(H,15,16). The fourth-order valence-corrected chi connectivity index (χ4v) is 1.93. The van der Waals surface area contributed by atoms with Crippen LogP contribution in [0.25, 0.3) is 0 Å². The fourth-order valence-electron chi connectivity index (χ4n) is 1.37. The molecule has 1 aromatic carbocycles. The Morgan fingerprint density at radius 3 is 2.88 bits per heavy atom. The number of hydrogen-bond donors (Lipinski definition) is 2. The Kier molecular flexibility index (Phi) is 5.01. The van der Waals surface area contributed by atoms with Gasteiger partial charge in [-0.3, -0.25) is 10.1 Å². The number of carbonyl (C=O) groups is 1. The van der Waals surface area contributed by atoms with Gasteiger partial charge >= 0.3 is 5.97 Å². The third-order valence-corrected chi connectivity index (χ3v) is 2.78. The van der Waals surface area contributed by atoms with Crippen molar-refractivity contribution in [2.24, 2.45) is 0 Å². The van der Waals surface area contributed by atoms with Crippen LogP contribution < -0.4 is 10.1 Å². The molecule has 0 radical (unpaired) electrons. The van der Waals surface area contributed by atoms with Gasteiger partial charge in [0.1, 0.15) is 11.8 Å². The van der Waals surface area contributed by atoms with Gasteiger partial charge < -0.3 is 9.84 Å². The summed E-state index contributed by atoms with van der Waals surface area (Å²) in [6, 6.07) is 4.26. The van der Waals surface area contributed by atoms with Crippen LogP contribution in [0.2, 0.25) is 0 Å². The normalized spacial score (nSPS) is 11.6. The zero-order chi connectivity index (χ0) is 12.8. The summed E-state index contributed by atoms with van der Waals surface area (Å²) in [4.78, 5) is 11.1. The first kappa shape index (κ1) is 13.6. The van der Waals surface area contributed by atoms with Crippen molar-refractivity contribution in [1.82, 2.24) is 5.32 Å². The molecule has 4 nitrogen and oxygen atoms in total. The zero-order valence-electron chi connectivity index (χ0n) is 9.24. The number of rotatable bonds is 5. The second-order valence-electron chi connectivity index (χ2n) is 3.25. The predicted molar refractivity (Wildman–Crippen MR) is 67.9 cm³/mol. The van der Waals surface area contributed by atoms with Crippen molar-refractivity contribution in [3.63, 3.8) is 0 Å². The third kappa shape index (κ3) is 3.48. The molecule has 1 atom stereocenters. The first-order valence-electron chi connectivity index (χ1n) is 4.83. The average Bonchev–Trinajstić information content (AvgIpc) is 2.29. The van der Waals surface area contributed by atoms with Crippen LogP contribution in [0.4, 0.5) is 0 Å². The van der Waals surface area contributed by atoms with E-state index in [0.717, 1.165) is 0 Å². The maximum Gasteiger partial charge on any atom is 0.325 e. The van der Waals surface area contributed by atoms with Gasteiger partial charge in [0.15, 0.2) is 0 Å². The largest absolute Gasteiger partial charge is 0.496 e. The maximum absolute atomic E-state index is 11.1. The van der Waals surface area contributed by atoms with Gasteiger partial charge in [-0.1, -0.05) is 12.0 Å². The predicted octanol–water partition coefficient (Wildman–Crippen LogP) is 1.81. The van der Waals surface area contributed by atoms with Gasteiger partial charge in [-0.05, 0) is 33.6 Å². The van der Waals surface area contributed by atoms with E-state index in [9.17, 15) is 4.79 Å². The molecule has 0 bridgehead atoms. The van der Waals surface area contributed by atoms with Gasteiger partial charge in [-0.25, -0.2) is 0 Å². The number of terminal acetylenes is 1. The number of benzene rings is 1. The highest BCUT2D eigenvalue weighted by atomic mass is 79.9. The first-order chi connectivity index (χ1) is 8.10.